The molecule has 2 heterocycles. The van der Waals surface area contributed by atoms with Crippen molar-refractivity contribution in [3.63, 3.8) is 0 Å². The molecule has 0 radical (unpaired) electrons. The zero-order valence-electron chi connectivity index (χ0n) is 15.7. The van der Waals surface area contributed by atoms with Crippen LogP contribution in [0.3, 0.4) is 0 Å². The van der Waals surface area contributed by atoms with Gasteiger partial charge < -0.3 is 5.11 Å². The van der Waals surface area contributed by atoms with E-state index in [4.69, 9.17) is 0 Å². The average molecular weight is 389 g/mol. The minimum absolute atomic E-state index is 0.134. The molecule has 0 bridgehead atoms. The standard InChI is InChI=1S/C22H28O2S2/c1-15-10-12-25-20(15)19(21-16(2)11-13-26-21)9-5-7-17-6-3-4-8-18(14-17)22(23)24/h9-13,17-18H,3-8,14H2,1-2H3,(H,23,24). The summed E-state index contributed by atoms with van der Waals surface area (Å²) in [7, 11) is 0. The van der Waals surface area contributed by atoms with E-state index < -0.39 is 5.97 Å². The molecular weight excluding hydrogens is 360 g/mol. The molecule has 1 N–H and O–H groups in total. The van der Waals surface area contributed by atoms with Gasteiger partial charge in [0.2, 0.25) is 0 Å². The number of aryl methyl sites for hydroxylation is 2. The highest BCUT2D eigenvalue weighted by Crippen LogP contribution is 2.37. The van der Waals surface area contributed by atoms with Crippen LogP contribution in [0.1, 0.15) is 65.8 Å². The molecule has 0 amide bonds. The van der Waals surface area contributed by atoms with Crippen LogP contribution >= 0.6 is 22.7 Å². The highest BCUT2D eigenvalue weighted by molar-refractivity contribution is 7.14. The number of hydrogen-bond acceptors (Lipinski definition) is 3. The van der Waals surface area contributed by atoms with E-state index in [1.807, 2.05) is 22.7 Å². The Bertz CT molecular complexity index is 726. The lowest BCUT2D eigenvalue weighted by molar-refractivity contribution is -0.142. The first-order chi connectivity index (χ1) is 12.6. The number of thiophene rings is 2. The Kier molecular flexibility index (Phi) is 6.71. The minimum Gasteiger partial charge on any atom is -0.481 e. The van der Waals surface area contributed by atoms with E-state index in [1.54, 1.807) is 0 Å². The molecule has 4 heteroatoms. The summed E-state index contributed by atoms with van der Waals surface area (Å²) >= 11 is 3.64. The fourth-order valence-electron chi connectivity index (χ4n) is 4.00. The van der Waals surface area contributed by atoms with E-state index >= 15 is 0 Å². The summed E-state index contributed by atoms with van der Waals surface area (Å²) in [5, 5.41) is 13.7. The van der Waals surface area contributed by atoms with Gasteiger partial charge >= 0.3 is 5.97 Å². The van der Waals surface area contributed by atoms with E-state index in [1.165, 1.54) is 39.3 Å². The third-order valence-corrected chi connectivity index (χ3v) is 7.62. The van der Waals surface area contributed by atoms with Crippen molar-refractivity contribution in [3.8, 4) is 0 Å². The largest absolute Gasteiger partial charge is 0.481 e. The van der Waals surface area contributed by atoms with Crippen molar-refractivity contribution < 1.29 is 9.90 Å². The lowest BCUT2D eigenvalue weighted by atomic mass is 9.89. The molecular formula is C22H28O2S2. The van der Waals surface area contributed by atoms with Gasteiger partial charge in [0.05, 0.1) is 5.92 Å². The van der Waals surface area contributed by atoms with Gasteiger partial charge in [0.15, 0.2) is 0 Å². The monoisotopic (exact) mass is 388 g/mol. The molecule has 2 aromatic rings. The fraction of sp³-hybridized carbons (Fsp3) is 0.500. The zero-order valence-corrected chi connectivity index (χ0v) is 17.3. The van der Waals surface area contributed by atoms with Crippen molar-refractivity contribution in [2.24, 2.45) is 11.8 Å². The Morgan fingerprint density at radius 2 is 1.73 bits per heavy atom. The van der Waals surface area contributed by atoms with Gasteiger partial charge in [-0.1, -0.05) is 25.3 Å². The van der Waals surface area contributed by atoms with Crippen LogP contribution in [0.15, 0.2) is 29.0 Å². The van der Waals surface area contributed by atoms with Gasteiger partial charge in [-0.3, -0.25) is 4.79 Å². The SMILES string of the molecule is Cc1ccsc1C(=CCCC1CCCCC(C(=O)O)C1)c1sccc1C. The van der Waals surface area contributed by atoms with Crippen LogP contribution in [0.5, 0.6) is 0 Å². The Morgan fingerprint density at radius 3 is 2.27 bits per heavy atom. The third-order valence-electron chi connectivity index (χ3n) is 5.52. The molecule has 2 aromatic heterocycles. The van der Waals surface area contributed by atoms with Crippen molar-refractivity contribution in [2.75, 3.05) is 0 Å². The predicted molar refractivity (Wildman–Crippen MR) is 112 cm³/mol. The first-order valence-electron chi connectivity index (χ1n) is 9.58. The molecule has 2 unspecified atom stereocenters. The Balaban J connectivity index is 1.74. The second-order valence-electron chi connectivity index (χ2n) is 7.48. The number of hydrogen-bond donors (Lipinski definition) is 1. The summed E-state index contributed by atoms with van der Waals surface area (Å²) in [5.41, 5.74) is 4.05. The normalized spacial score (nSPS) is 20.5. The van der Waals surface area contributed by atoms with Crippen molar-refractivity contribution in [1.82, 2.24) is 0 Å². The Hall–Kier alpha value is -1.39. The summed E-state index contributed by atoms with van der Waals surface area (Å²) in [6.07, 6.45) is 9.67. The lowest BCUT2D eigenvalue weighted by Crippen LogP contribution is -2.15. The highest BCUT2D eigenvalue weighted by atomic mass is 32.1. The molecule has 1 aliphatic rings. The van der Waals surface area contributed by atoms with Crippen LogP contribution < -0.4 is 0 Å². The third kappa shape index (κ3) is 4.66. The summed E-state index contributed by atoms with van der Waals surface area (Å²) in [5.74, 6) is -0.188. The molecule has 3 rings (SSSR count). The molecule has 0 spiro atoms. The number of carboxylic acids is 1. The molecule has 0 aromatic carbocycles. The second-order valence-corrected chi connectivity index (χ2v) is 9.31. The van der Waals surface area contributed by atoms with Crippen molar-refractivity contribution >= 4 is 34.2 Å². The van der Waals surface area contributed by atoms with Gasteiger partial charge in [-0.25, -0.2) is 0 Å². The molecule has 1 saturated carbocycles. The average Bonchev–Trinajstić information content (AvgIpc) is 3.14. The number of aliphatic carboxylic acids is 1. The van der Waals surface area contributed by atoms with E-state index in [2.05, 4.69) is 42.8 Å². The van der Waals surface area contributed by atoms with Crippen LogP contribution in [0.4, 0.5) is 0 Å². The van der Waals surface area contributed by atoms with E-state index in [9.17, 15) is 9.90 Å². The Labute approximate surface area is 164 Å². The molecule has 2 atom stereocenters. The predicted octanol–water partition coefficient (Wildman–Crippen LogP) is 6.92. The molecule has 0 aliphatic heterocycles. The molecule has 140 valence electrons. The quantitative estimate of drug-likeness (QED) is 0.545. The van der Waals surface area contributed by atoms with Crippen molar-refractivity contribution in [2.45, 2.75) is 58.8 Å². The van der Waals surface area contributed by atoms with Crippen LogP contribution in [0.2, 0.25) is 0 Å². The minimum atomic E-state index is -0.600. The van der Waals surface area contributed by atoms with E-state index in [0.29, 0.717) is 5.92 Å². The second kappa shape index (κ2) is 9.01. The van der Waals surface area contributed by atoms with Gasteiger partial charge in [0.25, 0.3) is 0 Å². The van der Waals surface area contributed by atoms with Gasteiger partial charge in [0, 0.05) is 15.3 Å². The van der Waals surface area contributed by atoms with Crippen LogP contribution in [0.25, 0.3) is 5.57 Å². The number of carboxylic acid groups (broad SMARTS) is 1. The zero-order chi connectivity index (χ0) is 18.5. The molecule has 0 saturated heterocycles. The summed E-state index contributed by atoms with van der Waals surface area (Å²) < 4.78 is 0. The fourth-order valence-corrected chi connectivity index (χ4v) is 6.01. The van der Waals surface area contributed by atoms with Crippen molar-refractivity contribution in [1.29, 1.82) is 0 Å². The summed E-state index contributed by atoms with van der Waals surface area (Å²) in [4.78, 5) is 14.2. The topological polar surface area (TPSA) is 37.3 Å². The molecule has 1 aliphatic carbocycles. The number of carbonyl (C=O) groups is 1. The maximum Gasteiger partial charge on any atom is 0.306 e. The maximum absolute atomic E-state index is 11.4. The van der Waals surface area contributed by atoms with E-state index in [0.717, 1.165) is 32.1 Å². The maximum atomic E-state index is 11.4. The first kappa shape index (κ1) is 19.4. The molecule has 2 nitrogen and oxygen atoms in total. The Morgan fingerprint density at radius 1 is 1.12 bits per heavy atom. The lowest BCUT2D eigenvalue weighted by Gasteiger charge is -2.16. The van der Waals surface area contributed by atoms with Crippen molar-refractivity contribution in [3.05, 3.63) is 49.9 Å². The summed E-state index contributed by atoms with van der Waals surface area (Å²) in [6.45, 7) is 4.37. The van der Waals surface area contributed by atoms with E-state index in [-0.39, 0.29) is 5.92 Å². The molecule has 1 fully saturated rings. The summed E-state index contributed by atoms with van der Waals surface area (Å²) in [6, 6.07) is 4.39. The van der Waals surface area contributed by atoms with Gasteiger partial charge in [-0.15, -0.1) is 22.7 Å². The first-order valence-corrected chi connectivity index (χ1v) is 11.3. The highest BCUT2D eigenvalue weighted by Gasteiger charge is 2.24. The van der Waals surface area contributed by atoms with Gasteiger partial charge in [-0.2, -0.15) is 0 Å². The van der Waals surface area contributed by atoms with Gasteiger partial charge in [-0.05, 0) is 79.5 Å². The molecule has 26 heavy (non-hydrogen) atoms. The number of allylic oxidation sites excluding steroid dienone is 1. The van der Waals surface area contributed by atoms with Gasteiger partial charge in [0.1, 0.15) is 0 Å². The number of rotatable bonds is 6. The smallest absolute Gasteiger partial charge is 0.306 e. The van der Waals surface area contributed by atoms with Crippen LogP contribution in [-0.2, 0) is 4.79 Å². The van der Waals surface area contributed by atoms with Crippen LogP contribution in [-0.4, -0.2) is 11.1 Å². The van der Waals surface area contributed by atoms with Crippen LogP contribution in [0, 0.1) is 25.7 Å².